The van der Waals surface area contributed by atoms with Crippen LogP contribution >= 0.6 is 0 Å². The van der Waals surface area contributed by atoms with E-state index in [9.17, 15) is 9.18 Å². The van der Waals surface area contributed by atoms with Gasteiger partial charge < -0.3 is 30.6 Å². The minimum absolute atomic E-state index is 0.0251. The first-order valence-electron chi connectivity index (χ1n) is 15.1. The SMILES string of the molecule is COc1c(Cc2ccc(-c3nn(-c4ccc(N5CCC(C(OC)OC)CC5)c(F)c4)c4ncnc(N)c34)cc2)cc(F)cc1C(N)=O. The zero-order valence-electron chi connectivity index (χ0n) is 26.2. The molecule has 1 fully saturated rings. The number of methoxy groups -OCH3 is 3. The van der Waals surface area contributed by atoms with Crippen LogP contribution in [0.4, 0.5) is 20.3 Å². The number of hydrogen-bond donors (Lipinski definition) is 2. The van der Waals surface area contributed by atoms with E-state index in [-0.39, 0.29) is 41.6 Å². The second-order valence-electron chi connectivity index (χ2n) is 11.4. The van der Waals surface area contributed by atoms with E-state index in [1.807, 2.05) is 35.2 Å². The standard InChI is InChI=1S/C34H35F2N7O4/c1-45-30-22(15-23(35)16-25(30)32(38)44)14-19-4-6-20(7-5-19)29-28-31(37)39-18-40-33(28)43(41-29)24-8-9-27(26(36)17-24)42-12-10-21(11-13-42)34(46-2)47-3/h4-9,15-18,21,34H,10-14H2,1-3H3,(H2,38,44)(H2,37,39,40). The van der Waals surface area contributed by atoms with E-state index >= 15 is 4.39 Å². The summed E-state index contributed by atoms with van der Waals surface area (Å²) in [6, 6.07) is 14.8. The molecule has 11 nitrogen and oxygen atoms in total. The fourth-order valence-electron chi connectivity index (χ4n) is 6.34. The molecule has 0 radical (unpaired) electrons. The van der Waals surface area contributed by atoms with Crippen molar-refractivity contribution in [1.82, 2.24) is 19.7 Å². The van der Waals surface area contributed by atoms with Crippen molar-refractivity contribution in [2.75, 3.05) is 45.1 Å². The largest absolute Gasteiger partial charge is 0.496 e. The number of carbonyl (C=O) groups is 1. The van der Waals surface area contributed by atoms with Crippen molar-refractivity contribution >= 4 is 28.4 Å². The van der Waals surface area contributed by atoms with Crippen LogP contribution in [0, 0.1) is 17.6 Å². The van der Waals surface area contributed by atoms with Crippen LogP contribution < -0.4 is 21.1 Å². The zero-order valence-corrected chi connectivity index (χ0v) is 26.2. The molecule has 1 saturated heterocycles. The number of nitrogen functional groups attached to an aromatic ring is 1. The molecule has 6 rings (SSSR count). The molecule has 47 heavy (non-hydrogen) atoms. The Balaban J connectivity index is 1.29. The third-order valence-corrected chi connectivity index (χ3v) is 8.62. The Kier molecular flexibility index (Phi) is 9.01. The Bertz CT molecular complexity index is 1920. The number of primary amides is 1. The first kappa shape index (κ1) is 31.8. The Morgan fingerprint density at radius 1 is 1.00 bits per heavy atom. The van der Waals surface area contributed by atoms with Gasteiger partial charge in [0.15, 0.2) is 11.9 Å². The normalized spacial score (nSPS) is 13.9. The van der Waals surface area contributed by atoms with E-state index in [0.717, 1.165) is 24.5 Å². The third kappa shape index (κ3) is 6.19. The lowest BCUT2D eigenvalue weighted by atomic mass is 9.95. The molecule has 3 heterocycles. The number of amides is 1. The highest BCUT2D eigenvalue weighted by molar-refractivity contribution is 5.99. The van der Waals surface area contributed by atoms with Gasteiger partial charge in [-0.3, -0.25) is 4.79 Å². The van der Waals surface area contributed by atoms with E-state index in [2.05, 4.69) is 9.97 Å². The van der Waals surface area contributed by atoms with E-state index in [4.69, 9.17) is 30.8 Å². The summed E-state index contributed by atoms with van der Waals surface area (Å²) < 4.78 is 47.7. The average molecular weight is 644 g/mol. The maximum atomic E-state index is 15.6. The molecule has 1 aliphatic heterocycles. The number of nitrogens with two attached hydrogens (primary N) is 2. The van der Waals surface area contributed by atoms with Gasteiger partial charge in [0.1, 0.15) is 35.2 Å². The summed E-state index contributed by atoms with van der Waals surface area (Å²) in [4.78, 5) is 22.5. The second kappa shape index (κ2) is 13.3. The van der Waals surface area contributed by atoms with Gasteiger partial charge in [0.25, 0.3) is 5.91 Å². The minimum Gasteiger partial charge on any atom is -0.496 e. The van der Waals surface area contributed by atoms with Crippen LogP contribution in [-0.2, 0) is 15.9 Å². The first-order chi connectivity index (χ1) is 22.7. The molecule has 0 spiro atoms. The summed E-state index contributed by atoms with van der Waals surface area (Å²) in [6.07, 6.45) is 2.99. The summed E-state index contributed by atoms with van der Waals surface area (Å²) in [5.41, 5.74) is 15.7. The molecule has 4 N–H and O–H groups in total. The minimum atomic E-state index is -0.780. The van der Waals surface area contributed by atoms with Crippen molar-refractivity contribution in [3.05, 3.63) is 89.2 Å². The van der Waals surface area contributed by atoms with Crippen molar-refractivity contribution in [2.24, 2.45) is 11.7 Å². The van der Waals surface area contributed by atoms with E-state index < -0.39 is 11.7 Å². The van der Waals surface area contributed by atoms with Crippen molar-refractivity contribution in [1.29, 1.82) is 0 Å². The quantitative estimate of drug-likeness (QED) is 0.204. The van der Waals surface area contributed by atoms with Crippen LogP contribution in [0.1, 0.15) is 34.3 Å². The van der Waals surface area contributed by atoms with Crippen LogP contribution in [-0.4, -0.2) is 66.4 Å². The lowest BCUT2D eigenvalue weighted by molar-refractivity contribution is -0.141. The van der Waals surface area contributed by atoms with Crippen molar-refractivity contribution < 1.29 is 27.8 Å². The Morgan fingerprint density at radius 3 is 2.36 bits per heavy atom. The smallest absolute Gasteiger partial charge is 0.252 e. The molecular formula is C34H35F2N7O4. The van der Waals surface area contributed by atoms with Crippen LogP contribution in [0.3, 0.4) is 0 Å². The van der Waals surface area contributed by atoms with E-state index in [1.165, 1.54) is 25.6 Å². The van der Waals surface area contributed by atoms with E-state index in [1.54, 1.807) is 25.0 Å². The Hall–Kier alpha value is -5.14. The van der Waals surface area contributed by atoms with Gasteiger partial charge in [-0.05, 0) is 42.7 Å². The summed E-state index contributed by atoms with van der Waals surface area (Å²) in [5.74, 6) is -1.04. The summed E-state index contributed by atoms with van der Waals surface area (Å²) in [6.45, 7) is 1.36. The van der Waals surface area contributed by atoms with Gasteiger partial charge in [0.05, 0.1) is 29.4 Å². The van der Waals surface area contributed by atoms with E-state index in [0.29, 0.717) is 52.3 Å². The fourth-order valence-corrected chi connectivity index (χ4v) is 6.34. The molecule has 0 unspecified atom stereocenters. The summed E-state index contributed by atoms with van der Waals surface area (Å²) >= 11 is 0. The number of benzene rings is 3. The summed E-state index contributed by atoms with van der Waals surface area (Å²) in [5, 5.41) is 5.33. The fraction of sp³-hybridized carbons (Fsp3) is 0.294. The second-order valence-corrected chi connectivity index (χ2v) is 11.4. The molecule has 0 bridgehead atoms. The Labute approximate surface area is 270 Å². The molecular weight excluding hydrogens is 608 g/mol. The highest BCUT2D eigenvalue weighted by atomic mass is 19.1. The number of halogens is 2. The molecule has 1 amide bonds. The number of hydrogen-bond acceptors (Lipinski definition) is 9. The van der Waals surface area contributed by atoms with Gasteiger partial charge in [0, 0.05) is 56.8 Å². The number of carbonyl (C=O) groups excluding carboxylic acids is 1. The van der Waals surface area contributed by atoms with Crippen molar-refractivity contribution in [2.45, 2.75) is 25.6 Å². The van der Waals surface area contributed by atoms with Crippen LogP contribution in [0.5, 0.6) is 5.75 Å². The number of rotatable bonds is 10. The predicted molar refractivity (Wildman–Crippen MR) is 173 cm³/mol. The number of ether oxygens (including phenoxy) is 3. The van der Waals surface area contributed by atoms with Gasteiger partial charge in [-0.2, -0.15) is 5.10 Å². The van der Waals surface area contributed by atoms with Gasteiger partial charge in [0.2, 0.25) is 0 Å². The topological polar surface area (TPSA) is 144 Å². The lowest BCUT2D eigenvalue weighted by Crippen LogP contribution is -2.39. The monoisotopic (exact) mass is 643 g/mol. The average Bonchev–Trinajstić information content (AvgIpc) is 3.47. The van der Waals surface area contributed by atoms with Crippen molar-refractivity contribution in [3.8, 4) is 22.7 Å². The highest BCUT2D eigenvalue weighted by Crippen LogP contribution is 2.35. The molecule has 2 aromatic heterocycles. The molecule has 5 aromatic rings. The number of piperidine rings is 1. The third-order valence-electron chi connectivity index (χ3n) is 8.62. The van der Waals surface area contributed by atoms with Gasteiger partial charge >= 0.3 is 0 Å². The summed E-state index contributed by atoms with van der Waals surface area (Å²) in [7, 11) is 4.67. The number of fused-ring (bicyclic) bond motifs is 1. The maximum Gasteiger partial charge on any atom is 0.252 e. The molecule has 244 valence electrons. The molecule has 13 heteroatoms. The number of anilines is 2. The van der Waals surface area contributed by atoms with Crippen molar-refractivity contribution in [3.63, 3.8) is 0 Å². The van der Waals surface area contributed by atoms with Gasteiger partial charge in [-0.1, -0.05) is 24.3 Å². The molecule has 0 saturated carbocycles. The highest BCUT2D eigenvalue weighted by Gasteiger charge is 2.28. The first-order valence-corrected chi connectivity index (χ1v) is 15.1. The predicted octanol–water partition coefficient (Wildman–Crippen LogP) is 4.88. The lowest BCUT2D eigenvalue weighted by Gasteiger charge is -2.36. The van der Waals surface area contributed by atoms with Gasteiger partial charge in [-0.25, -0.2) is 23.4 Å². The van der Waals surface area contributed by atoms with Crippen LogP contribution in [0.2, 0.25) is 0 Å². The number of aromatic nitrogens is 4. The molecule has 3 aromatic carbocycles. The van der Waals surface area contributed by atoms with Gasteiger partial charge in [-0.15, -0.1) is 0 Å². The maximum absolute atomic E-state index is 15.6. The number of nitrogens with zero attached hydrogens (tertiary/aromatic N) is 5. The molecule has 1 aliphatic rings. The zero-order chi connectivity index (χ0) is 33.2. The van der Waals surface area contributed by atoms with Crippen LogP contribution in [0.15, 0.2) is 60.9 Å². The Morgan fingerprint density at radius 2 is 1.72 bits per heavy atom. The molecule has 0 aliphatic carbocycles. The molecule has 0 atom stereocenters. The van der Waals surface area contributed by atoms with Crippen LogP contribution in [0.25, 0.3) is 28.0 Å².